The van der Waals surface area contributed by atoms with E-state index in [1.54, 1.807) is 0 Å². The second kappa shape index (κ2) is 6.19. The first-order chi connectivity index (χ1) is 10.6. The van der Waals surface area contributed by atoms with E-state index < -0.39 is 0 Å². The van der Waals surface area contributed by atoms with Crippen molar-refractivity contribution in [1.82, 2.24) is 0 Å². The molecule has 0 fully saturated rings. The molecule has 0 aliphatic heterocycles. The minimum Gasteiger partial charge on any atom is -0.0773 e. The number of rotatable bonds is 2. The normalized spacial score (nSPS) is 21.7. The Morgan fingerprint density at radius 2 is 1.45 bits per heavy atom. The molecule has 0 bridgehead atoms. The van der Waals surface area contributed by atoms with Gasteiger partial charge in [-0.15, -0.1) is 0 Å². The van der Waals surface area contributed by atoms with E-state index in [-0.39, 0.29) is 5.41 Å². The van der Waals surface area contributed by atoms with Crippen LogP contribution in [0.15, 0.2) is 90.5 Å². The van der Waals surface area contributed by atoms with E-state index in [2.05, 4.69) is 105 Å². The molecular formula is C22H22. The zero-order valence-electron chi connectivity index (χ0n) is 13.2. The molecule has 0 aromatic heterocycles. The van der Waals surface area contributed by atoms with E-state index in [1.807, 2.05) is 0 Å². The van der Waals surface area contributed by atoms with Crippen molar-refractivity contribution >= 4 is 6.08 Å². The highest BCUT2D eigenvalue weighted by Gasteiger charge is 2.27. The highest BCUT2D eigenvalue weighted by Crippen LogP contribution is 2.40. The van der Waals surface area contributed by atoms with E-state index >= 15 is 0 Å². The van der Waals surface area contributed by atoms with Crippen LogP contribution in [0.25, 0.3) is 6.08 Å². The number of hydrogen-bond donors (Lipinski definition) is 0. The van der Waals surface area contributed by atoms with Gasteiger partial charge in [0, 0.05) is 5.92 Å². The fourth-order valence-electron chi connectivity index (χ4n) is 2.96. The Kier molecular flexibility index (Phi) is 4.11. The maximum atomic E-state index is 2.34. The standard InChI is InChI=1S/C22H22/c1-22(2)16-15-19(17-18-9-5-3-6-10-18)13-14-21(22)20-11-7-4-8-12-20/h3-17,21H,1-2H3/b19-17+. The number of benzene rings is 2. The van der Waals surface area contributed by atoms with E-state index in [0.717, 1.165) is 0 Å². The Morgan fingerprint density at radius 1 is 0.818 bits per heavy atom. The van der Waals surface area contributed by atoms with Gasteiger partial charge in [-0.3, -0.25) is 0 Å². The predicted octanol–water partition coefficient (Wildman–Crippen LogP) is 6.01. The van der Waals surface area contributed by atoms with Crippen LogP contribution in [0.1, 0.15) is 30.9 Å². The molecule has 3 rings (SSSR count). The minimum atomic E-state index is 0.101. The molecule has 2 aromatic carbocycles. The Balaban J connectivity index is 1.96. The molecule has 0 spiro atoms. The van der Waals surface area contributed by atoms with E-state index in [9.17, 15) is 0 Å². The van der Waals surface area contributed by atoms with Gasteiger partial charge in [-0.2, -0.15) is 0 Å². The van der Waals surface area contributed by atoms with Gasteiger partial charge < -0.3 is 0 Å². The van der Waals surface area contributed by atoms with Gasteiger partial charge in [0.2, 0.25) is 0 Å². The molecule has 0 nitrogen and oxygen atoms in total. The van der Waals surface area contributed by atoms with Crippen LogP contribution < -0.4 is 0 Å². The molecule has 0 heterocycles. The van der Waals surface area contributed by atoms with E-state index in [1.165, 1.54) is 16.7 Å². The fourth-order valence-corrected chi connectivity index (χ4v) is 2.96. The molecule has 110 valence electrons. The summed E-state index contributed by atoms with van der Waals surface area (Å²) < 4.78 is 0. The molecule has 1 aliphatic carbocycles. The van der Waals surface area contributed by atoms with Gasteiger partial charge in [0.05, 0.1) is 0 Å². The van der Waals surface area contributed by atoms with Crippen LogP contribution in [0.2, 0.25) is 0 Å². The van der Waals surface area contributed by atoms with Crippen molar-refractivity contribution in [3.8, 4) is 0 Å². The lowest BCUT2D eigenvalue weighted by Crippen LogP contribution is -2.17. The molecule has 0 saturated heterocycles. The molecular weight excluding hydrogens is 264 g/mol. The molecule has 0 saturated carbocycles. The van der Waals surface area contributed by atoms with Crippen LogP contribution in [0, 0.1) is 5.41 Å². The second-order valence-electron chi connectivity index (χ2n) is 6.46. The van der Waals surface area contributed by atoms with Crippen molar-refractivity contribution in [3.05, 3.63) is 102 Å². The minimum absolute atomic E-state index is 0.101. The lowest BCUT2D eigenvalue weighted by atomic mass is 9.75. The number of allylic oxidation sites excluding steroid dienone is 5. The van der Waals surface area contributed by atoms with Gasteiger partial charge in [-0.1, -0.05) is 98.8 Å². The molecule has 1 atom stereocenters. The highest BCUT2D eigenvalue weighted by molar-refractivity contribution is 5.60. The summed E-state index contributed by atoms with van der Waals surface area (Å²) in [5.41, 5.74) is 3.96. The van der Waals surface area contributed by atoms with Crippen LogP contribution in [-0.4, -0.2) is 0 Å². The summed E-state index contributed by atoms with van der Waals surface area (Å²) in [4.78, 5) is 0. The van der Waals surface area contributed by atoms with E-state index in [4.69, 9.17) is 0 Å². The number of hydrogen-bond acceptors (Lipinski definition) is 0. The van der Waals surface area contributed by atoms with Gasteiger partial charge >= 0.3 is 0 Å². The third-order valence-electron chi connectivity index (χ3n) is 4.28. The molecule has 2 aromatic rings. The summed E-state index contributed by atoms with van der Waals surface area (Å²) in [5, 5.41) is 0. The van der Waals surface area contributed by atoms with Crippen LogP contribution in [0.4, 0.5) is 0 Å². The van der Waals surface area contributed by atoms with Crippen molar-refractivity contribution in [2.45, 2.75) is 19.8 Å². The van der Waals surface area contributed by atoms with Gasteiger partial charge in [-0.25, -0.2) is 0 Å². The topological polar surface area (TPSA) is 0 Å². The quantitative estimate of drug-likeness (QED) is 0.634. The van der Waals surface area contributed by atoms with Crippen molar-refractivity contribution in [2.24, 2.45) is 5.41 Å². The molecule has 0 radical (unpaired) electrons. The summed E-state index contributed by atoms with van der Waals surface area (Å²) in [6, 6.07) is 21.2. The van der Waals surface area contributed by atoms with Crippen molar-refractivity contribution in [2.75, 3.05) is 0 Å². The van der Waals surface area contributed by atoms with Crippen molar-refractivity contribution < 1.29 is 0 Å². The summed E-state index contributed by atoms with van der Waals surface area (Å²) in [6.45, 7) is 4.61. The molecule has 1 aliphatic rings. The maximum Gasteiger partial charge on any atom is 0.0107 e. The monoisotopic (exact) mass is 286 g/mol. The van der Waals surface area contributed by atoms with Crippen LogP contribution in [0.3, 0.4) is 0 Å². The Hall–Kier alpha value is -2.34. The average Bonchev–Trinajstić information content (AvgIpc) is 2.68. The summed E-state index contributed by atoms with van der Waals surface area (Å²) in [7, 11) is 0. The summed E-state index contributed by atoms with van der Waals surface area (Å²) in [5.74, 6) is 0.395. The van der Waals surface area contributed by atoms with Gasteiger partial charge in [0.1, 0.15) is 0 Å². The van der Waals surface area contributed by atoms with Crippen LogP contribution >= 0.6 is 0 Å². The largest absolute Gasteiger partial charge is 0.0773 e. The smallest absolute Gasteiger partial charge is 0.0107 e. The molecule has 0 N–H and O–H groups in total. The zero-order valence-corrected chi connectivity index (χ0v) is 13.2. The van der Waals surface area contributed by atoms with Gasteiger partial charge in [-0.05, 0) is 28.2 Å². The first-order valence-electron chi connectivity index (χ1n) is 7.84. The SMILES string of the molecule is CC1(C)C=C/C(=C/c2ccccc2)C=CC1c1ccccc1. The first kappa shape index (κ1) is 14.6. The van der Waals surface area contributed by atoms with Crippen molar-refractivity contribution in [3.63, 3.8) is 0 Å². The summed E-state index contributed by atoms with van der Waals surface area (Å²) in [6.07, 6.45) is 11.4. The second-order valence-corrected chi connectivity index (χ2v) is 6.46. The Bertz CT molecular complexity index is 700. The molecule has 1 unspecified atom stereocenters. The van der Waals surface area contributed by atoms with Crippen molar-refractivity contribution in [1.29, 1.82) is 0 Å². The van der Waals surface area contributed by atoms with Crippen LogP contribution in [0.5, 0.6) is 0 Å². The lowest BCUT2D eigenvalue weighted by molar-refractivity contribution is 0.428. The highest BCUT2D eigenvalue weighted by atomic mass is 14.3. The van der Waals surface area contributed by atoms with Crippen LogP contribution in [-0.2, 0) is 0 Å². The zero-order chi connectivity index (χ0) is 15.4. The first-order valence-corrected chi connectivity index (χ1v) is 7.84. The third-order valence-corrected chi connectivity index (χ3v) is 4.28. The maximum absolute atomic E-state index is 2.34. The third kappa shape index (κ3) is 3.28. The summed E-state index contributed by atoms with van der Waals surface area (Å²) >= 11 is 0. The molecule has 22 heavy (non-hydrogen) atoms. The predicted molar refractivity (Wildman–Crippen MR) is 95.7 cm³/mol. The Labute approximate surface area is 133 Å². The fraction of sp³-hybridized carbons (Fsp3) is 0.182. The lowest BCUT2D eigenvalue weighted by Gasteiger charge is -2.29. The van der Waals surface area contributed by atoms with Gasteiger partial charge in [0.15, 0.2) is 0 Å². The molecule has 0 amide bonds. The van der Waals surface area contributed by atoms with Gasteiger partial charge in [0.25, 0.3) is 0 Å². The Morgan fingerprint density at radius 3 is 2.14 bits per heavy atom. The molecule has 0 heteroatoms. The average molecular weight is 286 g/mol. The van der Waals surface area contributed by atoms with E-state index in [0.29, 0.717) is 5.92 Å².